The van der Waals surface area contributed by atoms with Gasteiger partial charge in [-0.1, -0.05) is 0 Å². The standard InChI is InChI=1S/Al.Mo.Ni.H3Si.3H/h;;;1H3;;;. The van der Waals surface area contributed by atoms with Gasteiger partial charge in [0.15, 0.2) is 17.4 Å². The van der Waals surface area contributed by atoms with Crippen LogP contribution >= 0.6 is 0 Å². The molecule has 0 aliphatic heterocycles. The molecular weight excluding hydrogens is 210 g/mol. The summed E-state index contributed by atoms with van der Waals surface area (Å²) in [4.78, 5) is 0. The van der Waals surface area contributed by atoms with E-state index in [0.29, 0.717) is 0 Å². The number of hydrogen-bond donors (Lipinski definition) is 0. The second-order valence-corrected chi connectivity index (χ2v) is 0. The van der Waals surface area contributed by atoms with Crippen LogP contribution in [-0.4, -0.2) is 28.3 Å². The topological polar surface area (TPSA) is 0 Å². The monoisotopic (exact) mass is 217 g/mol. The van der Waals surface area contributed by atoms with Crippen LogP contribution in [0.1, 0.15) is 0 Å². The van der Waals surface area contributed by atoms with Gasteiger partial charge in [0.25, 0.3) is 0 Å². The Morgan fingerprint density at radius 1 is 1.00 bits per heavy atom. The largest absolute Gasteiger partial charge is 0.187 e. The SMILES string of the molecule is [AlH3].[Mo].[Ni].[SiH3]. The van der Waals surface area contributed by atoms with Crippen LogP contribution in [-0.2, 0) is 37.6 Å². The summed E-state index contributed by atoms with van der Waals surface area (Å²) in [6.07, 6.45) is 0. The first kappa shape index (κ1) is 38.7. The molecule has 0 aromatic heterocycles. The Morgan fingerprint density at radius 3 is 1.00 bits per heavy atom. The minimum atomic E-state index is 0. The Labute approximate surface area is 65.5 Å². The summed E-state index contributed by atoms with van der Waals surface area (Å²) in [5, 5.41) is 0. The molecule has 0 rings (SSSR count). The van der Waals surface area contributed by atoms with E-state index in [1.54, 1.807) is 0 Å². The van der Waals surface area contributed by atoms with E-state index < -0.39 is 0 Å². The van der Waals surface area contributed by atoms with Crippen LogP contribution in [0.2, 0.25) is 0 Å². The van der Waals surface area contributed by atoms with Crippen molar-refractivity contribution in [3.8, 4) is 0 Å². The molecule has 0 aromatic carbocycles. The summed E-state index contributed by atoms with van der Waals surface area (Å²) in [6.45, 7) is 0. The van der Waals surface area contributed by atoms with E-state index in [1.165, 1.54) is 0 Å². The fourth-order valence-corrected chi connectivity index (χ4v) is 0. The molecule has 0 saturated heterocycles. The zero-order valence-electron chi connectivity index (χ0n) is 1.72. The summed E-state index contributed by atoms with van der Waals surface area (Å²) in [5.74, 6) is 0. The molecule has 4 heteroatoms. The molecule has 0 heterocycles. The van der Waals surface area contributed by atoms with E-state index in [4.69, 9.17) is 0 Å². The molecule has 0 saturated carbocycles. The van der Waals surface area contributed by atoms with Gasteiger partial charge in [-0.2, -0.15) is 0 Å². The van der Waals surface area contributed by atoms with E-state index in [1.807, 2.05) is 0 Å². The molecule has 29 valence electrons. The maximum atomic E-state index is 0. The summed E-state index contributed by atoms with van der Waals surface area (Å²) in [5.41, 5.74) is 0. The predicted octanol–water partition coefficient (Wildman–Crippen LogP) is -2.37. The van der Waals surface area contributed by atoms with Gasteiger partial charge in [-0.05, 0) is 11.0 Å². The molecule has 0 aliphatic carbocycles. The molecule has 0 aliphatic rings. The maximum absolute atomic E-state index is 0. The van der Waals surface area contributed by atoms with Crippen molar-refractivity contribution in [1.29, 1.82) is 0 Å². The van der Waals surface area contributed by atoms with Crippen LogP contribution in [0.25, 0.3) is 0 Å². The van der Waals surface area contributed by atoms with Crippen molar-refractivity contribution in [1.82, 2.24) is 0 Å². The van der Waals surface area contributed by atoms with E-state index in [2.05, 4.69) is 0 Å². The average molecular weight is 216 g/mol. The molecule has 0 unspecified atom stereocenters. The fourth-order valence-electron chi connectivity index (χ4n) is 0. The van der Waals surface area contributed by atoms with Gasteiger partial charge < -0.3 is 0 Å². The molecule has 0 bridgehead atoms. The van der Waals surface area contributed by atoms with Gasteiger partial charge in [-0.3, -0.25) is 0 Å². The van der Waals surface area contributed by atoms with Gasteiger partial charge >= 0.3 is 0 Å². The van der Waals surface area contributed by atoms with Crippen molar-refractivity contribution >= 4 is 28.3 Å². The quantitative estimate of drug-likeness (QED) is 0.397. The van der Waals surface area contributed by atoms with Crippen LogP contribution < -0.4 is 0 Å². The van der Waals surface area contributed by atoms with Crippen molar-refractivity contribution in [3.63, 3.8) is 0 Å². The molecule has 0 fully saturated rings. The minimum Gasteiger partial charge on any atom is -0.0125 e. The van der Waals surface area contributed by atoms with E-state index >= 15 is 0 Å². The molecule has 0 nitrogen and oxygen atoms in total. The van der Waals surface area contributed by atoms with Gasteiger partial charge in [-0.15, -0.1) is 0 Å². The van der Waals surface area contributed by atoms with Crippen molar-refractivity contribution in [2.45, 2.75) is 0 Å². The van der Waals surface area contributed by atoms with Gasteiger partial charge in [0, 0.05) is 37.6 Å². The van der Waals surface area contributed by atoms with Gasteiger partial charge in [0.05, 0.1) is 0 Å². The molecule has 1 radical (unpaired) electrons. The first-order chi connectivity index (χ1) is 0. The van der Waals surface area contributed by atoms with E-state index in [-0.39, 0.29) is 65.9 Å². The van der Waals surface area contributed by atoms with E-state index in [9.17, 15) is 0 Å². The molecule has 0 aromatic rings. The Bertz CT molecular complexity index is 8.00. The van der Waals surface area contributed by atoms with Crippen molar-refractivity contribution in [2.75, 3.05) is 0 Å². The summed E-state index contributed by atoms with van der Waals surface area (Å²) >= 11 is 0. The van der Waals surface area contributed by atoms with Crippen molar-refractivity contribution in [3.05, 3.63) is 0 Å². The third-order valence-electron chi connectivity index (χ3n) is 0. The molecule has 0 N–H and O–H groups in total. The maximum Gasteiger partial charge on any atom is 0.187 e. The van der Waals surface area contributed by atoms with Crippen LogP contribution in [0.4, 0.5) is 0 Å². The van der Waals surface area contributed by atoms with E-state index in [0.717, 1.165) is 0 Å². The molecule has 0 spiro atoms. The second-order valence-electron chi connectivity index (χ2n) is 0. The second kappa shape index (κ2) is 20.4. The van der Waals surface area contributed by atoms with Gasteiger partial charge in [0.1, 0.15) is 0 Å². The zero-order valence-corrected chi connectivity index (χ0v) is 6.72. The van der Waals surface area contributed by atoms with Gasteiger partial charge in [-0.25, -0.2) is 0 Å². The minimum absolute atomic E-state index is 0. The Kier molecular flexibility index (Phi) is 198. The number of hydrogen-bond acceptors (Lipinski definition) is 0. The Balaban J connectivity index is 0. The van der Waals surface area contributed by atoms with Crippen LogP contribution in [0.15, 0.2) is 0 Å². The molecule has 0 amide bonds. The van der Waals surface area contributed by atoms with Crippen molar-refractivity contribution in [2.24, 2.45) is 0 Å². The van der Waals surface area contributed by atoms with Crippen molar-refractivity contribution < 1.29 is 37.6 Å². The molecular formula is H6AlMoNiSi. The summed E-state index contributed by atoms with van der Waals surface area (Å²) in [7, 11) is 0. The third kappa shape index (κ3) is 9.06. The predicted molar refractivity (Wildman–Crippen MR) is 19.9 cm³/mol. The van der Waals surface area contributed by atoms with Crippen LogP contribution in [0.5, 0.6) is 0 Å². The Morgan fingerprint density at radius 2 is 1.00 bits per heavy atom. The van der Waals surface area contributed by atoms with Crippen LogP contribution in [0, 0.1) is 0 Å². The van der Waals surface area contributed by atoms with Gasteiger partial charge in [0.2, 0.25) is 0 Å². The average Bonchev–Trinajstić information content (AvgIpc) is 0. The fraction of sp³-hybridized carbons (Fsp3) is 0. The molecule has 4 heavy (non-hydrogen) atoms. The summed E-state index contributed by atoms with van der Waals surface area (Å²) < 4.78 is 0. The summed E-state index contributed by atoms with van der Waals surface area (Å²) in [6, 6.07) is 0. The first-order valence-corrected chi connectivity index (χ1v) is 0. The normalized spacial score (nSPS) is 0. The Hall–Kier alpha value is 1.93. The zero-order chi connectivity index (χ0) is 0. The first-order valence-electron chi connectivity index (χ1n) is 0. The molecule has 0 atom stereocenters. The smallest absolute Gasteiger partial charge is 0.0125 e. The third-order valence-corrected chi connectivity index (χ3v) is 0. The van der Waals surface area contributed by atoms with Crippen LogP contribution in [0.3, 0.4) is 0 Å². The number of rotatable bonds is 0.